The average Bonchev–Trinajstić information content (AvgIpc) is 2.50. The van der Waals surface area contributed by atoms with Crippen LogP contribution in [0, 0.1) is 0 Å². The Labute approximate surface area is 120 Å². The van der Waals surface area contributed by atoms with Crippen LogP contribution >= 0.6 is 0 Å². The molecule has 2 aromatic carbocycles. The zero-order valence-electron chi connectivity index (χ0n) is 11.7. The standard InChI is InChI=1S/C19H19N/c1-14-7-5-6-10-16-11-12-17(13-18(16)19(14)20)15-8-3-2-4-9-15/h2-9,11-13,19H,10,20H2,1H3/b6-5-,14-7-. The molecule has 0 heterocycles. The van der Waals surface area contributed by atoms with Crippen LogP contribution in [0.15, 0.2) is 72.3 Å². The fraction of sp³-hybridized carbons (Fsp3) is 0.158. The van der Waals surface area contributed by atoms with Gasteiger partial charge in [0.15, 0.2) is 0 Å². The number of allylic oxidation sites excluding steroid dienone is 3. The number of nitrogens with two attached hydrogens (primary N) is 1. The summed E-state index contributed by atoms with van der Waals surface area (Å²) in [4.78, 5) is 0. The molecule has 0 bridgehead atoms. The molecule has 0 amide bonds. The van der Waals surface area contributed by atoms with Gasteiger partial charge in [-0.3, -0.25) is 0 Å². The van der Waals surface area contributed by atoms with Crippen LogP contribution < -0.4 is 5.73 Å². The molecule has 100 valence electrons. The average molecular weight is 261 g/mol. The Morgan fingerprint density at radius 3 is 2.60 bits per heavy atom. The summed E-state index contributed by atoms with van der Waals surface area (Å²) in [5.41, 5.74) is 12.6. The number of hydrogen-bond donors (Lipinski definition) is 1. The quantitative estimate of drug-likeness (QED) is 0.808. The van der Waals surface area contributed by atoms with Gasteiger partial charge in [0.05, 0.1) is 6.04 Å². The maximum absolute atomic E-state index is 6.40. The van der Waals surface area contributed by atoms with Gasteiger partial charge in [0.25, 0.3) is 0 Å². The molecule has 0 radical (unpaired) electrons. The Kier molecular flexibility index (Phi) is 3.53. The molecule has 0 saturated carbocycles. The van der Waals surface area contributed by atoms with E-state index in [1.165, 1.54) is 27.8 Å². The molecule has 1 heteroatoms. The van der Waals surface area contributed by atoms with E-state index in [0.717, 1.165) is 6.42 Å². The van der Waals surface area contributed by atoms with E-state index >= 15 is 0 Å². The summed E-state index contributed by atoms with van der Waals surface area (Å²) in [6.07, 6.45) is 7.35. The van der Waals surface area contributed by atoms with Crippen molar-refractivity contribution in [1.29, 1.82) is 0 Å². The number of benzene rings is 2. The minimum atomic E-state index is -0.0152. The monoisotopic (exact) mass is 261 g/mol. The summed E-state index contributed by atoms with van der Waals surface area (Å²) in [6.45, 7) is 2.10. The van der Waals surface area contributed by atoms with Crippen molar-refractivity contribution in [3.8, 4) is 11.1 Å². The van der Waals surface area contributed by atoms with Gasteiger partial charge in [0.2, 0.25) is 0 Å². The highest BCUT2D eigenvalue weighted by molar-refractivity contribution is 5.65. The lowest BCUT2D eigenvalue weighted by Crippen LogP contribution is -2.14. The van der Waals surface area contributed by atoms with Gasteiger partial charge in [0, 0.05) is 0 Å². The molecule has 20 heavy (non-hydrogen) atoms. The fourth-order valence-electron chi connectivity index (χ4n) is 2.64. The van der Waals surface area contributed by atoms with E-state index in [1.807, 2.05) is 6.07 Å². The van der Waals surface area contributed by atoms with E-state index in [0.29, 0.717) is 0 Å². The minimum Gasteiger partial charge on any atom is -0.321 e. The molecule has 2 N–H and O–H groups in total. The smallest absolute Gasteiger partial charge is 0.0514 e. The molecular formula is C19H19N. The van der Waals surface area contributed by atoms with Crippen LogP contribution in [0.3, 0.4) is 0 Å². The normalized spacial score (nSPS) is 22.1. The third kappa shape index (κ3) is 2.45. The molecule has 0 spiro atoms. The zero-order chi connectivity index (χ0) is 13.9. The SMILES string of the molecule is C/C1=C/C=C\Cc2ccc(-c3ccccc3)cc2C1N. The van der Waals surface area contributed by atoms with Crippen LogP contribution in [0.1, 0.15) is 24.1 Å². The highest BCUT2D eigenvalue weighted by atomic mass is 14.6. The lowest BCUT2D eigenvalue weighted by atomic mass is 9.89. The second-order valence-electron chi connectivity index (χ2n) is 5.30. The Balaban J connectivity index is 2.10. The van der Waals surface area contributed by atoms with Gasteiger partial charge in [0.1, 0.15) is 0 Å². The van der Waals surface area contributed by atoms with Crippen molar-refractivity contribution >= 4 is 0 Å². The van der Waals surface area contributed by atoms with Crippen molar-refractivity contribution in [1.82, 2.24) is 0 Å². The molecule has 0 fully saturated rings. The van der Waals surface area contributed by atoms with Gasteiger partial charge in [-0.1, -0.05) is 66.3 Å². The Bertz CT molecular complexity index is 665. The van der Waals surface area contributed by atoms with E-state index in [1.54, 1.807) is 0 Å². The number of rotatable bonds is 1. The van der Waals surface area contributed by atoms with Crippen LogP contribution in [-0.4, -0.2) is 0 Å². The van der Waals surface area contributed by atoms with Gasteiger partial charge in [-0.25, -0.2) is 0 Å². The third-order valence-electron chi connectivity index (χ3n) is 3.91. The molecule has 0 saturated heterocycles. The van der Waals surface area contributed by atoms with Crippen LogP contribution in [0.4, 0.5) is 0 Å². The van der Waals surface area contributed by atoms with Crippen LogP contribution in [0.25, 0.3) is 11.1 Å². The summed E-state index contributed by atoms with van der Waals surface area (Å²) in [6, 6.07) is 17.1. The lowest BCUT2D eigenvalue weighted by Gasteiger charge is -2.19. The molecule has 1 aliphatic carbocycles. The van der Waals surface area contributed by atoms with Crippen molar-refractivity contribution in [3.63, 3.8) is 0 Å². The highest BCUT2D eigenvalue weighted by Gasteiger charge is 2.14. The summed E-state index contributed by atoms with van der Waals surface area (Å²) < 4.78 is 0. The predicted molar refractivity (Wildman–Crippen MR) is 85.4 cm³/mol. The van der Waals surface area contributed by atoms with Gasteiger partial charge >= 0.3 is 0 Å². The molecule has 3 rings (SSSR count). The van der Waals surface area contributed by atoms with Gasteiger partial charge in [-0.2, -0.15) is 0 Å². The maximum Gasteiger partial charge on any atom is 0.0514 e. The number of hydrogen-bond acceptors (Lipinski definition) is 1. The van der Waals surface area contributed by atoms with Crippen LogP contribution in [0.5, 0.6) is 0 Å². The summed E-state index contributed by atoms with van der Waals surface area (Å²) >= 11 is 0. The van der Waals surface area contributed by atoms with Crippen LogP contribution in [-0.2, 0) is 6.42 Å². The van der Waals surface area contributed by atoms with Crippen LogP contribution in [0.2, 0.25) is 0 Å². The first-order valence-corrected chi connectivity index (χ1v) is 7.03. The Morgan fingerprint density at radius 2 is 1.80 bits per heavy atom. The van der Waals surface area contributed by atoms with E-state index in [9.17, 15) is 0 Å². The first-order valence-electron chi connectivity index (χ1n) is 7.03. The maximum atomic E-state index is 6.40. The molecular weight excluding hydrogens is 242 g/mol. The van der Waals surface area contributed by atoms with Gasteiger partial charge in [-0.15, -0.1) is 0 Å². The fourth-order valence-corrected chi connectivity index (χ4v) is 2.64. The molecule has 0 aromatic heterocycles. The lowest BCUT2D eigenvalue weighted by molar-refractivity contribution is 0.829. The molecule has 1 unspecified atom stereocenters. The predicted octanol–water partition coefficient (Wildman–Crippen LogP) is 4.41. The molecule has 1 nitrogen and oxygen atoms in total. The first kappa shape index (κ1) is 12.9. The molecule has 1 aliphatic rings. The van der Waals surface area contributed by atoms with E-state index in [4.69, 9.17) is 5.73 Å². The van der Waals surface area contributed by atoms with Crippen molar-refractivity contribution in [2.75, 3.05) is 0 Å². The second-order valence-corrected chi connectivity index (χ2v) is 5.30. The number of fused-ring (bicyclic) bond motifs is 1. The third-order valence-corrected chi connectivity index (χ3v) is 3.91. The van der Waals surface area contributed by atoms with E-state index in [2.05, 4.69) is 67.6 Å². The summed E-state index contributed by atoms with van der Waals surface area (Å²) in [5.74, 6) is 0. The zero-order valence-corrected chi connectivity index (χ0v) is 11.7. The van der Waals surface area contributed by atoms with E-state index in [-0.39, 0.29) is 6.04 Å². The van der Waals surface area contributed by atoms with E-state index < -0.39 is 0 Å². The summed E-state index contributed by atoms with van der Waals surface area (Å²) in [7, 11) is 0. The second kappa shape index (κ2) is 5.48. The van der Waals surface area contributed by atoms with Crippen molar-refractivity contribution in [2.24, 2.45) is 5.73 Å². The Hall–Kier alpha value is -2.12. The molecule has 2 aromatic rings. The van der Waals surface area contributed by atoms with Crippen molar-refractivity contribution < 1.29 is 0 Å². The van der Waals surface area contributed by atoms with Crippen molar-refractivity contribution in [2.45, 2.75) is 19.4 Å². The van der Waals surface area contributed by atoms with Crippen molar-refractivity contribution in [3.05, 3.63) is 83.5 Å². The highest BCUT2D eigenvalue weighted by Crippen LogP contribution is 2.29. The largest absolute Gasteiger partial charge is 0.321 e. The van der Waals surface area contributed by atoms with Gasteiger partial charge in [-0.05, 0) is 41.7 Å². The molecule has 1 atom stereocenters. The Morgan fingerprint density at radius 1 is 1.00 bits per heavy atom. The first-order chi connectivity index (χ1) is 9.75. The molecule has 0 aliphatic heterocycles. The van der Waals surface area contributed by atoms with Gasteiger partial charge < -0.3 is 5.73 Å². The summed E-state index contributed by atoms with van der Waals surface area (Å²) in [5, 5.41) is 0. The minimum absolute atomic E-state index is 0.0152. The topological polar surface area (TPSA) is 26.0 Å².